The van der Waals surface area contributed by atoms with Crippen molar-refractivity contribution in [2.75, 3.05) is 12.0 Å². The number of anilines is 1. The molecule has 0 unspecified atom stereocenters. The average molecular weight is 222 g/mol. The van der Waals surface area contributed by atoms with Gasteiger partial charge in [-0.05, 0) is 18.2 Å². The van der Waals surface area contributed by atoms with Gasteiger partial charge in [0.15, 0.2) is 5.75 Å². The van der Waals surface area contributed by atoms with Gasteiger partial charge in [-0.1, -0.05) is 11.6 Å². The summed E-state index contributed by atoms with van der Waals surface area (Å²) in [5.41, 5.74) is 5.85. The van der Waals surface area contributed by atoms with Crippen molar-refractivity contribution < 1.29 is 12.6 Å². The van der Waals surface area contributed by atoms with Crippen LogP contribution in [0.5, 0.6) is 5.75 Å². The van der Waals surface area contributed by atoms with Gasteiger partial charge < -0.3 is 9.92 Å². The molecule has 0 saturated carbocycles. The van der Waals surface area contributed by atoms with Gasteiger partial charge in [0.05, 0.1) is 11.3 Å². The SMILES string of the molecule is CS(=O)(=O)Oc1ccc(N)cc1Cl. The molecule has 0 radical (unpaired) electrons. The van der Waals surface area contributed by atoms with Crippen molar-refractivity contribution in [1.29, 1.82) is 0 Å². The number of nitrogens with two attached hydrogens (primary N) is 1. The van der Waals surface area contributed by atoms with E-state index >= 15 is 0 Å². The average Bonchev–Trinajstić information content (AvgIpc) is 1.93. The van der Waals surface area contributed by atoms with Crippen molar-refractivity contribution in [2.24, 2.45) is 0 Å². The van der Waals surface area contributed by atoms with Gasteiger partial charge in [-0.25, -0.2) is 0 Å². The molecule has 1 aromatic rings. The van der Waals surface area contributed by atoms with Crippen LogP contribution in [0.15, 0.2) is 18.2 Å². The van der Waals surface area contributed by atoms with E-state index in [0.717, 1.165) is 6.26 Å². The van der Waals surface area contributed by atoms with E-state index < -0.39 is 10.1 Å². The van der Waals surface area contributed by atoms with Crippen LogP contribution in [0, 0.1) is 0 Å². The second-order valence-electron chi connectivity index (χ2n) is 2.48. The van der Waals surface area contributed by atoms with E-state index in [-0.39, 0.29) is 10.8 Å². The minimum atomic E-state index is -3.54. The summed E-state index contributed by atoms with van der Waals surface area (Å²) >= 11 is 5.67. The summed E-state index contributed by atoms with van der Waals surface area (Å²) in [6.07, 6.45) is 0.944. The van der Waals surface area contributed by atoms with Crippen molar-refractivity contribution in [2.45, 2.75) is 0 Å². The molecule has 0 aliphatic carbocycles. The van der Waals surface area contributed by atoms with Gasteiger partial charge in [-0.3, -0.25) is 0 Å². The van der Waals surface area contributed by atoms with Gasteiger partial charge in [-0.15, -0.1) is 0 Å². The third-order valence-corrected chi connectivity index (χ3v) is 1.97. The lowest BCUT2D eigenvalue weighted by molar-refractivity contribution is 0.493. The predicted octanol–water partition coefficient (Wildman–Crippen LogP) is 1.26. The van der Waals surface area contributed by atoms with Crippen molar-refractivity contribution in [1.82, 2.24) is 0 Å². The fourth-order valence-corrected chi connectivity index (χ4v) is 1.49. The molecule has 72 valence electrons. The van der Waals surface area contributed by atoms with Crippen LogP contribution in [0.25, 0.3) is 0 Å². The maximum absolute atomic E-state index is 10.7. The molecule has 0 fully saturated rings. The highest BCUT2D eigenvalue weighted by molar-refractivity contribution is 7.86. The van der Waals surface area contributed by atoms with E-state index in [1.807, 2.05) is 0 Å². The summed E-state index contributed by atoms with van der Waals surface area (Å²) in [5.74, 6) is 0.0818. The van der Waals surface area contributed by atoms with E-state index in [2.05, 4.69) is 4.18 Å². The molecule has 0 heterocycles. The Hall–Kier alpha value is -0.940. The summed E-state index contributed by atoms with van der Waals surface area (Å²) in [7, 11) is -3.54. The van der Waals surface area contributed by atoms with Gasteiger partial charge in [0.1, 0.15) is 0 Å². The molecule has 0 aliphatic rings. The molecule has 0 saturated heterocycles. The highest BCUT2D eigenvalue weighted by Gasteiger charge is 2.08. The molecule has 4 nitrogen and oxygen atoms in total. The second-order valence-corrected chi connectivity index (χ2v) is 4.46. The molecule has 0 aromatic heterocycles. The molecule has 0 atom stereocenters. The number of halogens is 1. The summed E-state index contributed by atoms with van der Waals surface area (Å²) in [4.78, 5) is 0. The topological polar surface area (TPSA) is 69.4 Å². The van der Waals surface area contributed by atoms with Gasteiger partial charge in [0.25, 0.3) is 0 Å². The number of hydrogen-bond acceptors (Lipinski definition) is 4. The van der Waals surface area contributed by atoms with Crippen LogP contribution in [0.4, 0.5) is 5.69 Å². The lowest BCUT2D eigenvalue weighted by Crippen LogP contribution is -2.06. The van der Waals surface area contributed by atoms with Gasteiger partial charge in [0.2, 0.25) is 0 Å². The largest absolute Gasteiger partial charge is 0.399 e. The molecule has 13 heavy (non-hydrogen) atoms. The molecule has 0 aliphatic heterocycles. The minimum Gasteiger partial charge on any atom is -0.399 e. The normalized spacial score (nSPS) is 11.2. The zero-order chi connectivity index (χ0) is 10.1. The number of hydrogen-bond donors (Lipinski definition) is 1. The van der Waals surface area contributed by atoms with Crippen LogP contribution in [0.1, 0.15) is 0 Å². The lowest BCUT2D eigenvalue weighted by atomic mass is 10.3. The van der Waals surface area contributed by atoms with Crippen LogP contribution in [0.3, 0.4) is 0 Å². The molecule has 0 amide bonds. The van der Waals surface area contributed by atoms with E-state index in [1.54, 1.807) is 0 Å². The first-order valence-corrected chi connectivity index (χ1v) is 5.52. The molecule has 0 bridgehead atoms. The predicted molar refractivity (Wildman–Crippen MR) is 51.3 cm³/mol. The van der Waals surface area contributed by atoms with Crippen LogP contribution in [-0.4, -0.2) is 14.7 Å². The molecule has 1 rings (SSSR count). The summed E-state index contributed by atoms with van der Waals surface area (Å²) in [6.45, 7) is 0. The monoisotopic (exact) mass is 221 g/mol. The maximum Gasteiger partial charge on any atom is 0.306 e. The minimum absolute atomic E-state index is 0.0818. The van der Waals surface area contributed by atoms with Crippen LogP contribution in [-0.2, 0) is 10.1 Å². The summed E-state index contributed by atoms with van der Waals surface area (Å²) < 4.78 is 26.0. The first-order valence-electron chi connectivity index (χ1n) is 3.33. The molecule has 6 heteroatoms. The lowest BCUT2D eigenvalue weighted by Gasteiger charge is -2.04. The van der Waals surface area contributed by atoms with Crippen LogP contribution >= 0.6 is 11.6 Å². The van der Waals surface area contributed by atoms with Crippen molar-refractivity contribution in [3.05, 3.63) is 23.2 Å². The number of nitrogen functional groups attached to an aromatic ring is 1. The zero-order valence-corrected chi connectivity index (χ0v) is 8.39. The smallest absolute Gasteiger partial charge is 0.306 e. The highest BCUT2D eigenvalue weighted by atomic mass is 35.5. The molecule has 1 aromatic carbocycles. The Morgan fingerprint density at radius 2 is 2.08 bits per heavy atom. The Kier molecular flexibility index (Phi) is 2.68. The summed E-state index contributed by atoms with van der Waals surface area (Å²) in [5, 5.41) is 0.172. The maximum atomic E-state index is 10.7. The van der Waals surface area contributed by atoms with Gasteiger partial charge in [0, 0.05) is 5.69 Å². The quantitative estimate of drug-likeness (QED) is 0.603. The van der Waals surface area contributed by atoms with E-state index in [0.29, 0.717) is 5.69 Å². The van der Waals surface area contributed by atoms with Crippen LogP contribution < -0.4 is 9.92 Å². The molecular weight excluding hydrogens is 214 g/mol. The number of benzene rings is 1. The fourth-order valence-electron chi connectivity index (χ4n) is 0.748. The van der Waals surface area contributed by atoms with Crippen molar-refractivity contribution in [3.8, 4) is 5.75 Å². The second kappa shape index (κ2) is 3.43. The van der Waals surface area contributed by atoms with E-state index in [1.165, 1.54) is 18.2 Å². The Bertz CT molecular complexity index is 416. The highest BCUT2D eigenvalue weighted by Crippen LogP contribution is 2.27. The fraction of sp³-hybridized carbons (Fsp3) is 0.143. The first kappa shape index (κ1) is 10.1. The standard InChI is InChI=1S/C7H8ClNO3S/c1-13(10,11)12-7-3-2-5(9)4-6(7)8/h2-4H,9H2,1H3. The van der Waals surface area contributed by atoms with Gasteiger partial charge >= 0.3 is 10.1 Å². The molecule has 2 N–H and O–H groups in total. The van der Waals surface area contributed by atoms with E-state index in [4.69, 9.17) is 17.3 Å². The van der Waals surface area contributed by atoms with E-state index in [9.17, 15) is 8.42 Å². The Morgan fingerprint density at radius 3 is 2.54 bits per heavy atom. The molecular formula is C7H8ClNO3S. The third-order valence-electron chi connectivity index (χ3n) is 1.20. The van der Waals surface area contributed by atoms with Crippen molar-refractivity contribution in [3.63, 3.8) is 0 Å². The van der Waals surface area contributed by atoms with Crippen LogP contribution in [0.2, 0.25) is 5.02 Å². The summed E-state index contributed by atoms with van der Waals surface area (Å²) in [6, 6.07) is 4.33. The Morgan fingerprint density at radius 1 is 1.46 bits per heavy atom. The first-order chi connectivity index (χ1) is 5.88. The zero-order valence-electron chi connectivity index (χ0n) is 6.82. The number of rotatable bonds is 2. The Balaban J connectivity index is 3.04. The van der Waals surface area contributed by atoms with Gasteiger partial charge in [-0.2, -0.15) is 8.42 Å². The third kappa shape index (κ3) is 3.12. The van der Waals surface area contributed by atoms with Crippen molar-refractivity contribution >= 4 is 27.4 Å². The Labute approximate surface area is 81.4 Å². The molecule has 0 spiro atoms.